The number of rotatable bonds is 38. The van der Waals surface area contributed by atoms with Gasteiger partial charge in [0.25, 0.3) is 0 Å². The van der Waals surface area contributed by atoms with Crippen molar-refractivity contribution in [1.29, 1.82) is 0 Å². The van der Waals surface area contributed by atoms with Gasteiger partial charge in [0.05, 0.1) is 46.1 Å². The molecule has 1 aliphatic heterocycles. The van der Waals surface area contributed by atoms with Gasteiger partial charge in [-0.3, -0.25) is 28.8 Å². The number of unbranched alkanes of at least 4 members (excludes halogenated alkanes) is 13. The van der Waals surface area contributed by atoms with E-state index in [1.165, 1.54) is 58.3 Å². The summed E-state index contributed by atoms with van der Waals surface area (Å²) in [4.78, 5) is 84.6. The van der Waals surface area contributed by atoms with Gasteiger partial charge in [0.15, 0.2) is 5.78 Å². The van der Waals surface area contributed by atoms with Crippen LogP contribution in [-0.2, 0) is 52.5 Å². The lowest BCUT2D eigenvalue weighted by Gasteiger charge is -2.32. The van der Waals surface area contributed by atoms with Gasteiger partial charge in [-0.05, 0) is 32.6 Å². The van der Waals surface area contributed by atoms with Crippen LogP contribution in [0.5, 0.6) is 0 Å². The van der Waals surface area contributed by atoms with Gasteiger partial charge in [0.1, 0.15) is 19.3 Å². The summed E-state index contributed by atoms with van der Waals surface area (Å²) in [6.45, 7) is 3.98. The van der Waals surface area contributed by atoms with Gasteiger partial charge < -0.3 is 50.0 Å². The number of hydrogen-bond donors (Lipinski definition) is 5. The third-order valence-electron chi connectivity index (χ3n) is 9.67. The van der Waals surface area contributed by atoms with Crippen molar-refractivity contribution in [3.8, 4) is 0 Å². The molecular formula is C41H72N4O13. The fraction of sp³-hybridized carbons (Fsp3) is 0.829. The van der Waals surface area contributed by atoms with E-state index in [0.717, 1.165) is 38.5 Å². The third-order valence-corrected chi connectivity index (χ3v) is 9.67. The highest BCUT2D eigenvalue weighted by Gasteiger charge is 2.31. The Bertz CT molecular complexity index is 1180. The number of piperidine rings is 1. The molecule has 4 amide bonds. The maximum atomic E-state index is 12.9. The van der Waals surface area contributed by atoms with E-state index in [2.05, 4.69) is 16.0 Å². The van der Waals surface area contributed by atoms with Gasteiger partial charge >= 0.3 is 11.9 Å². The average molecular weight is 829 g/mol. The van der Waals surface area contributed by atoms with Crippen LogP contribution < -0.4 is 16.0 Å². The van der Waals surface area contributed by atoms with E-state index in [1.807, 2.05) is 0 Å². The summed E-state index contributed by atoms with van der Waals surface area (Å²) >= 11 is 0. The number of ether oxygens (including phenoxy) is 4. The van der Waals surface area contributed by atoms with Gasteiger partial charge in [0.2, 0.25) is 23.6 Å². The van der Waals surface area contributed by atoms with Crippen LogP contribution in [0.4, 0.5) is 0 Å². The standard InChI is InChI=1S/C41H72N4O13/c1-33(46)31-57-28-26-56-25-21-43-37(48)32-58-29-27-55-24-20-42-36(47)30-35(41(53)54)44-40(52)34-18-22-45(23-19-34)38(49)16-14-12-10-8-6-4-2-3-5-7-9-11-13-15-17-39(50)51/h34-35H,2-32H2,1H3,(H,42,47)(H,43,48)(H,44,52)(H,50,51)(H,53,54)/t35-/m1/s1. The molecule has 0 aromatic heterocycles. The number of hydrogen-bond acceptors (Lipinski definition) is 11. The van der Waals surface area contributed by atoms with Crippen LogP contribution in [0.1, 0.15) is 129 Å². The fourth-order valence-electron chi connectivity index (χ4n) is 6.37. The Morgan fingerprint density at radius 2 is 1.03 bits per heavy atom. The molecular weight excluding hydrogens is 756 g/mol. The van der Waals surface area contributed by atoms with Gasteiger partial charge in [-0.1, -0.05) is 77.0 Å². The topological polar surface area (TPSA) is 236 Å². The molecule has 0 aromatic rings. The average Bonchev–Trinajstić information content (AvgIpc) is 3.19. The first-order valence-corrected chi connectivity index (χ1v) is 21.4. The second-order valence-electron chi connectivity index (χ2n) is 14.8. The minimum absolute atomic E-state index is 0.0467. The Morgan fingerprint density at radius 3 is 1.52 bits per heavy atom. The van der Waals surface area contributed by atoms with E-state index in [9.17, 15) is 38.7 Å². The van der Waals surface area contributed by atoms with Crippen molar-refractivity contribution in [2.24, 2.45) is 5.92 Å². The smallest absolute Gasteiger partial charge is 0.326 e. The summed E-state index contributed by atoms with van der Waals surface area (Å²) in [6.07, 6.45) is 16.9. The lowest BCUT2D eigenvalue weighted by Crippen LogP contribution is -2.49. The molecule has 0 unspecified atom stereocenters. The first-order valence-electron chi connectivity index (χ1n) is 21.4. The van der Waals surface area contributed by atoms with Crippen LogP contribution >= 0.6 is 0 Å². The molecule has 0 spiro atoms. The Morgan fingerprint density at radius 1 is 0.586 bits per heavy atom. The van der Waals surface area contributed by atoms with Gasteiger partial charge in [-0.2, -0.15) is 0 Å². The van der Waals surface area contributed by atoms with Crippen LogP contribution in [0.15, 0.2) is 0 Å². The first-order chi connectivity index (χ1) is 28.0. The van der Waals surface area contributed by atoms with Crippen LogP contribution in [-0.4, -0.2) is 142 Å². The number of carboxylic acid groups (broad SMARTS) is 2. The molecule has 17 nitrogen and oxygen atoms in total. The van der Waals surface area contributed by atoms with Gasteiger partial charge in [-0.25, -0.2) is 4.79 Å². The second-order valence-corrected chi connectivity index (χ2v) is 14.8. The van der Waals surface area contributed by atoms with Gasteiger partial charge in [-0.15, -0.1) is 0 Å². The van der Waals surface area contributed by atoms with Crippen LogP contribution in [0.3, 0.4) is 0 Å². The number of amides is 4. The van der Waals surface area contributed by atoms with E-state index in [4.69, 9.17) is 24.1 Å². The number of carboxylic acids is 2. The zero-order chi connectivity index (χ0) is 42.6. The SMILES string of the molecule is CC(=O)COCCOCCNC(=O)COCCOCCNC(=O)C[C@@H](NC(=O)C1CCN(C(=O)CCCCCCCCCCCCCCCCC(=O)O)CC1)C(=O)O. The minimum Gasteiger partial charge on any atom is -0.481 e. The largest absolute Gasteiger partial charge is 0.481 e. The third kappa shape index (κ3) is 30.4. The first kappa shape index (κ1) is 52.3. The summed E-state index contributed by atoms with van der Waals surface area (Å²) < 4.78 is 21.0. The molecule has 0 aliphatic carbocycles. The molecule has 1 saturated heterocycles. The Hall–Kier alpha value is -3.67. The maximum Gasteiger partial charge on any atom is 0.326 e. The van der Waals surface area contributed by atoms with Crippen molar-refractivity contribution in [1.82, 2.24) is 20.9 Å². The van der Waals surface area contributed by atoms with Crippen LogP contribution in [0, 0.1) is 5.92 Å². The zero-order valence-electron chi connectivity index (χ0n) is 34.9. The van der Waals surface area contributed by atoms with Crippen molar-refractivity contribution in [3.05, 3.63) is 0 Å². The fourth-order valence-corrected chi connectivity index (χ4v) is 6.37. The van der Waals surface area contributed by atoms with Crippen molar-refractivity contribution < 1.29 is 62.7 Å². The maximum absolute atomic E-state index is 12.9. The number of nitrogens with one attached hydrogen (secondary N) is 3. The predicted octanol–water partition coefficient (Wildman–Crippen LogP) is 3.40. The highest BCUT2D eigenvalue weighted by molar-refractivity contribution is 5.89. The lowest BCUT2D eigenvalue weighted by molar-refractivity contribution is -0.144. The second kappa shape index (κ2) is 35.3. The highest BCUT2D eigenvalue weighted by Crippen LogP contribution is 2.20. The molecule has 1 aliphatic rings. The van der Waals surface area contributed by atoms with E-state index in [-0.39, 0.29) is 63.6 Å². The molecule has 1 atom stereocenters. The normalized spacial score (nSPS) is 13.5. The molecule has 1 fully saturated rings. The molecule has 1 heterocycles. The van der Waals surface area contributed by atoms with Crippen LogP contribution in [0.2, 0.25) is 0 Å². The van der Waals surface area contributed by atoms with Gasteiger partial charge in [0, 0.05) is 44.9 Å². The number of nitrogens with zero attached hydrogens (tertiary/aromatic N) is 1. The molecule has 0 saturated carbocycles. The number of Topliss-reactive ketones (excluding diaryl/α,β-unsaturated/α-hetero) is 1. The number of carbonyl (C=O) groups is 7. The molecule has 0 radical (unpaired) electrons. The number of ketones is 1. The molecule has 17 heteroatoms. The molecule has 1 rings (SSSR count). The molecule has 334 valence electrons. The van der Waals surface area contributed by atoms with E-state index >= 15 is 0 Å². The Kier molecular flexibility index (Phi) is 31.9. The van der Waals surface area contributed by atoms with Crippen molar-refractivity contribution in [3.63, 3.8) is 0 Å². The Balaban J connectivity index is 2.05. The monoisotopic (exact) mass is 829 g/mol. The highest BCUT2D eigenvalue weighted by atomic mass is 16.5. The van der Waals surface area contributed by atoms with E-state index in [1.54, 1.807) is 4.90 Å². The number of likely N-dealkylation sites (tertiary alicyclic amines) is 1. The number of aliphatic carboxylic acids is 2. The molecule has 5 N–H and O–H groups in total. The van der Waals surface area contributed by atoms with Crippen molar-refractivity contribution in [2.45, 2.75) is 135 Å². The van der Waals surface area contributed by atoms with E-state index in [0.29, 0.717) is 58.7 Å². The summed E-state index contributed by atoms with van der Waals surface area (Å²) in [5.74, 6) is -3.74. The Labute approximate surface area is 344 Å². The summed E-state index contributed by atoms with van der Waals surface area (Å²) in [5.41, 5.74) is 0. The zero-order valence-corrected chi connectivity index (χ0v) is 34.9. The molecule has 58 heavy (non-hydrogen) atoms. The molecule has 0 bridgehead atoms. The quantitative estimate of drug-likeness (QED) is 0.0562. The summed E-state index contributed by atoms with van der Waals surface area (Å²) in [6, 6.07) is -1.38. The minimum atomic E-state index is -1.38. The summed E-state index contributed by atoms with van der Waals surface area (Å²) in [5, 5.41) is 26.0. The van der Waals surface area contributed by atoms with Crippen LogP contribution in [0.25, 0.3) is 0 Å². The number of carbonyl (C=O) groups excluding carboxylic acids is 5. The van der Waals surface area contributed by atoms with E-state index < -0.39 is 42.1 Å². The summed E-state index contributed by atoms with van der Waals surface area (Å²) in [7, 11) is 0. The predicted molar refractivity (Wildman–Crippen MR) is 215 cm³/mol. The van der Waals surface area contributed by atoms with Crippen molar-refractivity contribution in [2.75, 3.05) is 79.0 Å². The van der Waals surface area contributed by atoms with Crippen molar-refractivity contribution >= 4 is 41.4 Å². The lowest BCUT2D eigenvalue weighted by atomic mass is 9.95. The molecule has 0 aromatic carbocycles.